The van der Waals surface area contributed by atoms with Gasteiger partial charge in [-0.3, -0.25) is 14.5 Å². The number of nitrogens with zero attached hydrogens (tertiary/aromatic N) is 2. The summed E-state index contributed by atoms with van der Waals surface area (Å²) in [5, 5.41) is 10.2. The molecule has 0 bridgehead atoms. The maximum atomic E-state index is 14.0. The van der Waals surface area contributed by atoms with Gasteiger partial charge in [0.25, 0.3) is 0 Å². The number of rotatable bonds is 9. The van der Waals surface area contributed by atoms with Gasteiger partial charge in [0.2, 0.25) is 5.91 Å². The Morgan fingerprint density at radius 1 is 1.08 bits per heavy atom. The summed E-state index contributed by atoms with van der Waals surface area (Å²) in [4.78, 5) is 43.0. The third-order valence-corrected chi connectivity index (χ3v) is 8.50. The molecular formula is C30H46N2O5. The number of hydrogen-bond donors (Lipinski definition) is 1. The Labute approximate surface area is 222 Å². The molecule has 1 unspecified atom stereocenters. The van der Waals surface area contributed by atoms with Gasteiger partial charge in [-0.2, -0.15) is 0 Å². The Morgan fingerprint density at radius 2 is 1.68 bits per heavy atom. The number of ether oxygens (including phenoxy) is 1. The van der Waals surface area contributed by atoms with Crippen LogP contribution in [-0.4, -0.2) is 64.5 Å². The van der Waals surface area contributed by atoms with E-state index in [4.69, 9.17) is 4.74 Å². The average Bonchev–Trinajstić information content (AvgIpc) is 2.88. The van der Waals surface area contributed by atoms with Gasteiger partial charge in [-0.25, -0.2) is 4.79 Å². The number of likely N-dealkylation sites (tertiary alicyclic amines) is 1. The predicted octanol–water partition coefficient (Wildman–Crippen LogP) is 5.94. The molecule has 3 rings (SSSR count). The topological polar surface area (TPSA) is 87.2 Å². The molecule has 2 aliphatic rings. The van der Waals surface area contributed by atoms with E-state index in [2.05, 4.69) is 6.92 Å². The van der Waals surface area contributed by atoms with E-state index in [9.17, 15) is 19.5 Å². The molecule has 0 spiro atoms. The number of hydrogen-bond acceptors (Lipinski definition) is 4. The number of benzene rings is 1. The minimum absolute atomic E-state index is 0.173. The van der Waals surface area contributed by atoms with Crippen LogP contribution in [0.25, 0.3) is 0 Å². The average molecular weight is 515 g/mol. The third-order valence-electron chi connectivity index (χ3n) is 8.50. The molecule has 2 amide bonds. The molecule has 1 heterocycles. The summed E-state index contributed by atoms with van der Waals surface area (Å²) in [5.74, 6) is 1.31. The minimum Gasteiger partial charge on any atom is -0.497 e. The molecule has 1 aromatic carbocycles. The van der Waals surface area contributed by atoms with Crippen molar-refractivity contribution in [2.24, 2.45) is 11.3 Å². The molecule has 1 saturated heterocycles. The number of piperidine rings is 1. The number of amides is 2. The van der Waals surface area contributed by atoms with Crippen LogP contribution in [0.5, 0.6) is 5.75 Å². The van der Waals surface area contributed by atoms with Crippen molar-refractivity contribution in [1.82, 2.24) is 9.80 Å². The Hall–Kier alpha value is -2.57. The SMILES string of the molecule is CCCC(=O)C1(C2CCCCC2)CCN(C(=O)C(Cc2ccc(OC)cc2)N(C(=O)O)C(C)(C)C)CC1. The molecule has 206 valence electrons. The largest absolute Gasteiger partial charge is 0.497 e. The molecule has 2 fully saturated rings. The van der Waals surface area contributed by atoms with Crippen LogP contribution in [0.1, 0.15) is 91.0 Å². The van der Waals surface area contributed by atoms with Crippen LogP contribution in [0, 0.1) is 11.3 Å². The number of methoxy groups -OCH3 is 1. The zero-order valence-corrected chi connectivity index (χ0v) is 23.4. The highest BCUT2D eigenvalue weighted by atomic mass is 16.5. The van der Waals surface area contributed by atoms with E-state index in [0.717, 1.165) is 24.8 Å². The van der Waals surface area contributed by atoms with E-state index in [-0.39, 0.29) is 17.7 Å². The van der Waals surface area contributed by atoms with Crippen LogP contribution >= 0.6 is 0 Å². The van der Waals surface area contributed by atoms with Gasteiger partial charge in [-0.05, 0) is 76.5 Å². The molecule has 1 atom stereocenters. The zero-order valence-electron chi connectivity index (χ0n) is 23.4. The molecular weight excluding hydrogens is 468 g/mol. The fourth-order valence-corrected chi connectivity index (χ4v) is 6.54. The highest BCUT2D eigenvalue weighted by Gasteiger charge is 2.48. The normalized spacial score (nSPS) is 19.2. The summed E-state index contributed by atoms with van der Waals surface area (Å²) in [6.45, 7) is 8.53. The molecule has 1 N–H and O–H groups in total. The first-order valence-corrected chi connectivity index (χ1v) is 14.0. The molecule has 7 heteroatoms. The van der Waals surface area contributed by atoms with Crippen LogP contribution in [0.2, 0.25) is 0 Å². The first-order valence-electron chi connectivity index (χ1n) is 14.0. The predicted molar refractivity (Wildman–Crippen MR) is 145 cm³/mol. The molecule has 1 saturated carbocycles. The Balaban J connectivity index is 1.85. The van der Waals surface area contributed by atoms with Crippen molar-refractivity contribution >= 4 is 17.8 Å². The van der Waals surface area contributed by atoms with Crippen LogP contribution in [0.4, 0.5) is 4.79 Å². The van der Waals surface area contributed by atoms with Gasteiger partial charge in [0.05, 0.1) is 7.11 Å². The lowest BCUT2D eigenvalue weighted by atomic mass is 9.61. The van der Waals surface area contributed by atoms with Crippen molar-refractivity contribution in [3.05, 3.63) is 29.8 Å². The van der Waals surface area contributed by atoms with E-state index in [0.29, 0.717) is 49.8 Å². The second-order valence-electron chi connectivity index (χ2n) is 11.9. The highest BCUT2D eigenvalue weighted by molar-refractivity contribution is 5.88. The van der Waals surface area contributed by atoms with E-state index in [1.165, 1.54) is 24.2 Å². The summed E-state index contributed by atoms with van der Waals surface area (Å²) in [7, 11) is 1.60. The van der Waals surface area contributed by atoms with Gasteiger partial charge >= 0.3 is 6.09 Å². The van der Waals surface area contributed by atoms with E-state index in [1.807, 2.05) is 49.9 Å². The standard InChI is InChI=1S/C30H46N2O5/c1-6-10-26(33)30(23-11-8-7-9-12-23)17-19-31(20-18-30)27(34)25(32(28(35)36)29(2,3)4)21-22-13-15-24(37-5)16-14-22/h13-16,23,25H,6-12,17-21H2,1-5H3,(H,35,36). The maximum Gasteiger partial charge on any atom is 0.408 e. The van der Waals surface area contributed by atoms with Crippen LogP contribution < -0.4 is 4.74 Å². The number of carbonyl (C=O) groups excluding carboxylic acids is 2. The summed E-state index contributed by atoms with van der Waals surface area (Å²) in [6.07, 6.45) is 7.78. The van der Waals surface area contributed by atoms with Crippen LogP contribution in [-0.2, 0) is 16.0 Å². The smallest absolute Gasteiger partial charge is 0.408 e. The Bertz CT molecular complexity index is 922. The van der Waals surface area contributed by atoms with E-state index < -0.39 is 17.7 Å². The summed E-state index contributed by atoms with van der Waals surface area (Å²) in [6, 6.07) is 6.58. The van der Waals surface area contributed by atoms with Gasteiger partial charge in [-0.1, -0.05) is 38.3 Å². The van der Waals surface area contributed by atoms with E-state index in [1.54, 1.807) is 7.11 Å². The van der Waals surface area contributed by atoms with Crippen molar-refractivity contribution in [2.75, 3.05) is 20.2 Å². The van der Waals surface area contributed by atoms with Gasteiger partial charge in [-0.15, -0.1) is 0 Å². The second kappa shape index (κ2) is 12.3. The quantitative estimate of drug-likeness (QED) is 0.440. The van der Waals surface area contributed by atoms with Crippen LogP contribution in [0.15, 0.2) is 24.3 Å². The lowest BCUT2D eigenvalue weighted by Crippen LogP contribution is -2.60. The Morgan fingerprint density at radius 3 is 2.16 bits per heavy atom. The lowest BCUT2D eigenvalue weighted by molar-refractivity contribution is -0.147. The zero-order chi connectivity index (χ0) is 27.2. The Kier molecular flexibility index (Phi) is 9.65. The highest BCUT2D eigenvalue weighted by Crippen LogP contribution is 2.47. The fraction of sp³-hybridized carbons (Fsp3) is 0.700. The van der Waals surface area contributed by atoms with Crippen molar-refractivity contribution in [2.45, 2.75) is 103 Å². The summed E-state index contributed by atoms with van der Waals surface area (Å²) >= 11 is 0. The monoisotopic (exact) mass is 514 g/mol. The van der Waals surface area contributed by atoms with Gasteiger partial charge in [0.1, 0.15) is 17.6 Å². The minimum atomic E-state index is -1.11. The lowest BCUT2D eigenvalue weighted by Gasteiger charge is -2.48. The maximum absolute atomic E-state index is 14.0. The number of Topliss-reactive ketones (excluding diaryl/α,β-unsaturated/α-hetero) is 1. The molecule has 7 nitrogen and oxygen atoms in total. The van der Waals surface area contributed by atoms with Gasteiger partial charge in [0.15, 0.2) is 0 Å². The number of ketones is 1. The summed E-state index contributed by atoms with van der Waals surface area (Å²) in [5.41, 5.74) is -0.214. The van der Waals surface area contributed by atoms with E-state index >= 15 is 0 Å². The second-order valence-corrected chi connectivity index (χ2v) is 11.9. The first-order chi connectivity index (χ1) is 17.5. The number of carbonyl (C=O) groups is 3. The molecule has 1 aromatic rings. The van der Waals surface area contributed by atoms with Crippen molar-refractivity contribution in [3.63, 3.8) is 0 Å². The number of carboxylic acid groups (broad SMARTS) is 1. The molecule has 1 aliphatic carbocycles. The molecule has 1 aliphatic heterocycles. The molecule has 37 heavy (non-hydrogen) atoms. The van der Waals surface area contributed by atoms with Gasteiger partial charge in [0, 0.05) is 36.9 Å². The fourth-order valence-electron chi connectivity index (χ4n) is 6.54. The first kappa shape index (κ1) is 29.0. The summed E-state index contributed by atoms with van der Waals surface area (Å²) < 4.78 is 5.26. The van der Waals surface area contributed by atoms with Crippen LogP contribution in [0.3, 0.4) is 0 Å². The van der Waals surface area contributed by atoms with Crippen molar-refractivity contribution in [3.8, 4) is 5.75 Å². The van der Waals surface area contributed by atoms with Crippen molar-refractivity contribution < 1.29 is 24.2 Å². The molecule has 0 radical (unpaired) electrons. The van der Waals surface area contributed by atoms with Gasteiger partial charge < -0.3 is 14.7 Å². The molecule has 0 aromatic heterocycles. The third kappa shape index (κ3) is 6.66. The van der Waals surface area contributed by atoms with Crippen molar-refractivity contribution in [1.29, 1.82) is 0 Å².